The molecule has 0 aromatic heterocycles. The third kappa shape index (κ3) is 1.80. The number of rotatable bonds is 2. The van der Waals surface area contributed by atoms with Crippen molar-refractivity contribution in [2.75, 3.05) is 6.61 Å². The highest BCUT2D eigenvalue weighted by atomic mass is 35.5. The van der Waals surface area contributed by atoms with Crippen molar-refractivity contribution in [3.63, 3.8) is 0 Å². The number of alkyl halides is 2. The minimum absolute atomic E-state index is 0.206. The van der Waals surface area contributed by atoms with E-state index in [1.807, 2.05) is 13.8 Å². The van der Waals surface area contributed by atoms with E-state index in [1.54, 1.807) is 6.92 Å². The van der Waals surface area contributed by atoms with Gasteiger partial charge in [-0.1, -0.05) is 23.2 Å². The van der Waals surface area contributed by atoms with Gasteiger partial charge in [0.15, 0.2) is 10.1 Å². The van der Waals surface area contributed by atoms with Gasteiger partial charge in [-0.15, -0.1) is 11.8 Å². The van der Waals surface area contributed by atoms with Crippen LogP contribution in [0.25, 0.3) is 0 Å². The van der Waals surface area contributed by atoms with Gasteiger partial charge in [0.2, 0.25) is 0 Å². The number of ketones is 1. The molecule has 0 bridgehead atoms. The molecule has 0 N–H and O–H groups in total. The minimum Gasteiger partial charge on any atom is -0.466 e. The third-order valence-electron chi connectivity index (χ3n) is 3.39. The smallest absolute Gasteiger partial charge is 0.311 e. The van der Waals surface area contributed by atoms with Crippen molar-refractivity contribution >= 4 is 46.7 Å². The summed E-state index contributed by atoms with van der Waals surface area (Å²) in [6, 6.07) is 0. The van der Waals surface area contributed by atoms with Gasteiger partial charge in [-0.05, 0) is 20.8 Å². The normalized spacial score (nSPS) is 37.2. The molecule has 0 aromatic carbocycles. The molecule has 1 saturated heterocycles. The zero-order chi connectivity index (χ0) is 13.0. The Morgan fingerprint density at radius 1 is 1.47 bits per heavy atom. The number of esters is 1. The van der Waals surface area contributed by atoms with Crippen molar-refractivity contribution in [1.29, 1.82) is 0 Å². The number of carbonyl (C=O) groups excluding carboxylic acids is 2. The molecule has 17 heavy (non-hydrogen) atoms. The Kier molecular flexibility index (Phi) is 3.21. The van der Waals surface area contributed by atoms with Crippen molar-refractivity contribution in [2.24, 2.45) is 11.8 Å². The van der Waals surface area contributed by atoms with Crippen LogP contribution in [0.5, 0.6) is 0 Å². The molecule has 3 atom stereocenters. The van der Waals surface area contributed by atoms with E-state index in [-0.39, 0.29) is 21.7 Å². The first-order valence-corrected chi connectivity index (χ1v) is 7.13. The molecular weight excluding hydrogens is 283 g/mol. The SMILES string of the molecule is CCOC(=O)[C@@H]1[C@H]2C(=O)C(Cl)(Cl)[C@H]2SC1(C)C. The van der Waals surface area contributed by atoms with Crippen LogP contribution in [0.15, 0.2) is 0 Å². The maximum absolute atomic E-state index is 11.9. The Bertz CT molecular complexity index is 381. The fourth-order valence-corrected chi connectivity index (χ4v) is 5.12. The molecule has 96 valence electrons. The van der Waals surface area contributed by atoms with E-state index in [4.69, 9.17) is 27.9 Å². The van der Waals surface area contributed by atoms with E-state index in [1.165, 1.54) is 11.8 Å². The highest BCUT2D eigenvalue weighted by molar-refractivity contribution is 8.02. The van der Waals surface area contributed by atoms with Gasteiger partial charge in [-0.25, -0.2) is 0 Å². The van der Waals surface area contributed by atoms with Crippen LogP contribution in [0, 0.1) is 11.8 Å². The van der Waals surface area contributed by atoms with Crippen LogP contribution in [0.2, 0.25) is 0 Å². The Labute approximate surface area is 115 Å². The van der Waals surface area contributed by atoms with Gasteiger partial charge >= 0.3 is 5.97 Å². The summed E-state index contributed by atoms with van der Waals surface area (Å²) in [6.45, 7) is 5.92. The second-order valence-corrected chi connectivity index (χ2v) is 8.07. The summed E-state index contributed by atoms with van der Waals surface area (Å²) in [5.74, 6) is -1.42. The van der Waals surface area contributed by atoms with Crippen LogP contribution in [-0.4, -0.2) is 32.7 Å². The van der Waals surface area contributed by atoms with Gasteiger partial charge in [0.1, 0.15) is 0 Å². The van der Waals surface area contributed by atoms with E-state index in [0.717, 1.165) is 0 Å². The molecule has 3 nitrogen and oxygen atoms in total. The molecule has 1 aliphatic carbocycles. The first kappa shape index (κ1) is 13.5. The molecule has 0 unspecified atom stereocenters. The molecule has 0 spiro atoms. The van der Waals surface area contributed by atoms with Gasteiger partial charge in [0.05, 0.1) is 23.7 Å². The molecular formula is C11H14Cl2O3S. The number of halogens is 2. The number of thioether (sulfide) groups is 1. The number of fused-ring (bicyclic) bond motifs is 1. The molecule has 2 fully saturated rings. The predicted molar refractivity (Wildman–Crippen MR) is 68.5 cm³/mol. The van der Waals surface area contributed by atoms with Gasteiger partial charge in [0.25, 0.3) is 0 Å². The summed E-state index contributed by atoms with van der Waals surface area (Å²) in [7, 11) is 0. The van der Waals surface area contributed by atoms with Crippen LogP contribution in [0.4, 0.5) is 0 Å². The fourth-order valence-electron chi connectivity index (χ4n) is 2.60. The average Bonchev–Trinajstić information content (AvgIpc) is 2.48. The van der Waals surface area contributed by atoms with Crippen LogP contribution in [0.1, 0.15) is 20.8 Å². The summed E-state index contributed by atoms with van der Waals surface area (Å²) in [5.41, 5.74) is 0. The molecule has 1 saturated carbocycles. The Balaban J connectivity index is 2.28. The zero-order valence-corrected chi connectivity index (χ0v) is 12.2. The van der Waals surface area contributed by atoms with E-state index in [9.17, 15) is 9.59 Å². The maximum atomic E-state index is 11.9. The summed E-state index contributed by atoms with van der Waals surface area (Å²) in [6.07, 6.45) is 0. The van der Waals surface area contributed by atoms with Crippen molar-refractivity contribution in [3.05, 3.63) is 0 Å². The van der Waals surface area contributed by atoms with E-state index in [2.05, 4.69) is 0 Å². The quantitative estimate of drug-likeness (QED) is 0.580. The van der Waals surface area contributed by atoms with Crippen LogP contribution < -0.4 is 0 Å². The number of ether oxygens (including phenoxy) is 1. The topological polar surface area (TPSA) is 43.4 Å². The zero-order valence-electron chi connectivity index (χ0n) is 9.83. The number of hydrogen-bond donors (Lipinski definition) is 0. The number of carbonyl (C=O) groups is 2. The monoisotopic (exact) mass is 296 g/mol. The summed E-state index contributed by atoms with van der Waals surface area (Å²) in [5, 5.41) is -0.206. The highest BCUT2D eigenvalue weighted by Gasteiger charge is 2.72. The summed E-state index contributed by atoms with van der Waals surface area (Å²) < 4.78 is 3.33. The number of hydrogen-bond acceptors (Lipinski definition) is 4. The van der Waals surface area contributed by atoms with Crippen LogP contribution in [0.3, 0.4) is 0 Å². The van der Waals surface area contributed by atoms with Crippen molar-refractivity contribution in [1.82, 2.24) is 0 Å². The highest BCUT2D eigenvalue weighted by Crippen LogP contribution is 2.64. The molecule has 6 heteroatoms. The lowest BCUT2D eigenvalue weighted by Crippen LogP contribution is -2.60. The first-order valence-electron chi connectivity index (χ1n) is 5.50. The Morgan fingerprint density at radius 3 is 2.59 bits per heavy atom. The Morgan fingerprint density at radius 2 is 2.06 bits per heavy atom. The largest absolute Gasteiger partial charge is 0.466 e. The predicted octanol–water partition coefficient (Wildman–Crippen LogP) is 2.43. The van der Waals surface area contributed by atoms with Crippen LogP contribution in [-0.2, 0) is 14.3 Å². The van der Waals surface area contributed by atoms with Gasteiger partial charge in [0, 0.05) is 4.75 Å². The summed E-state index contributed by atoms with van der Waals surface area (Å²) >= 11 is 13.5. The minimum atomic E-state index is -1.34. The van der Waals surface area contributed by atoms with Gasteiger partial charge in [-0.3, -0.25) is 9.59 Å². The lowest BCUT2D eigenvalue weighted by Gasteiger charge is -2.41. The average molecular weight is 297 g/mol. The molecule has 2 aliphatic rings. The lowest BCUT2D eigenvalue weighted by atomic mass is 9.69. The molecule has 0 aromatic rings. The van der Waals surface area contributed by atoms with Crippen molar-refractivity contribution < 1.29 is 14.3 Å². The summed E-state index contributed by atoms with van der Waals surface area (Å²) in [4.78, 5) is 23.8. The van der Waals surface area contributed by atoms with Gasteiger partial charge in [-0.2, -0.15) is 0 Å². The Hall–Kier alpha value is 0.0700. The molecule has 2 rings (SSSR count). The third-order valence-corrected chi connectivity index (χ3v) is 6.26. The lowest BCUT2D eigenvalue weighted by molar-refractivity contribution is -0.155. The maximum Gasteiger partial charge on any atom is 0.311 e. The van der Waals surface area contributed by atoms with Crippen molar-refractivity contribution in [3.8, 4) is 0 Å². The molecule has 0 amide bonds. The van der Waals surface area contributed by atoms with Crippen molar-refractivity contribution in [2.45, 2.75) is 35.1 Å². The standard InChI is InChI=1S/C11H14Cl2O3S/c1-4-16-9(15)6-5-7(14)11(12,13)8(5)17-10(6,2)3/h5-6,8H,4H2,1-3H3/t5-,6-,8-/m0/s1. The first-order chi connectivity index (χ1) is 7.73. The van der Waals surface area contributed by atoms with Gasteiger partial charge < -0.3 is 4.74 Å². The van der Waals surface area contributed by atoms with Crippen LogP contribution >= 0.6 is 35.0 Å². The molecule has 1 aliphatic heterocycles. The van der Waals surface area contributed by atoms with E-state index >= 15 is 0 Å². The van der Waals surface area contributed by atoms with E-state index in [0.29, 0.717) is 6.61 Å². The second-order valence-electron chi connectivity index (χ2n) is 4.88. The van der Waals surface area contributed by atoms with E-state index < -0.39 is 16.2 Å². The number of Topliss-reactive ketones (excluding diaryl/α,β-unsaturated/α-hetero) is 1. The second kappa shape index (κ2) is 4.04. The molecule has 1 heterocycles. The fraction of sp³-hybridized carbons (Fsp3) is 0.818. The molecule has 0 radical (unpaired) electrons.